The fourth-order valence-electron chi connectivity index (χ4n) is 4.85. The smallest absolute Gasteiger partial charge is 0.264 e. The summed E-state index contributed by atoms with van der Waals surface area (Å²) in [7, 11) is -4.03. The van der Waals surface area contributed by atoms with E-state index >= 15 is 0 Å². The first-order valence-corrected chi connectivity index (χ1v) is 16.0. The van der Waals surface area contributed by atoms with Gasteiger partial charge in [-0.3, -0.25) is 13.9 Å². The van der Waals surface area contributed by atoms with Crippen molar-refractivity contribution in [3.8, 4) is 0 Å². The summed E-state index contributed by atoms with van der Waals surface area (Å²) in [6.45, 7) is 6.37. The highest BCUT2D eigenvalue weighted by Gasteiger charge is 2.28. The highest BCUT2D eigenvalue weighted by molar-refractivity contribution is 7.92. The Hall–Kier alpha value is -5.21. The fraction of sp³-hybridized carbons (Fsp3) is 0.135. The molecule has 7 nitrogen and oxygen atoms in total. The Morgan fingerprint density at radius 1 is 0.644 bits per heavy atom. The average Bonchev–Trinajstić information content (AvgIpc) is 3.04. The van der Waals surface area contributed by atoms with E-state index in [1.54, 1.807) is 78.9 Å². The molecular formula is C37H35N3O4S. The molecule has 8 heteroatoms. The van der Waals surface area contributed by atoms with Crippen LogP contribution in [0, 0.1) is 0 Å². The molecule has 228 valence electrons. The van der Waals surface area contributed by atoms with Gasteiger partial charge in [-0.05, 0) is 71.1 Å². The van der Waals surface area contributed by atoms with Crippen LogP contribution in [-0.2, 0) is 22.0 Å². The third kappa shape index (κ3) is 7.48. The maximum absolute atomic E-state index is 14.0. The van der Waals surface area contributed by atoms with Gasteiger partial charge < -0.3 is 10.6 Å². The Morgan fingerprint density at radius 2 is 1.20 bits per heavy atom. The maximum atomic E-state index is 14.0. The minimum absolute atomic E-state index is 0.0233. The zero-order valence-electron chi connectivity index (χ0n) is 25.4. The number of anilines is 3. The third-order valence-electron chi connectivity index (χ3n) is 7.31. The Kier molecular flexibility index (Phi) is 9.16. The van der Waals surface area contributed by atoms with Crippen LogP contribution in [0.1, 0.15) is 52.6 Å². The molecule has 0 saturated carbocycles. The second-order valence-corrected chi connectivity index (χ2v) is 13.5. The van der Waals surface area contributed by atoms with E-state index in [1.807, 2.05) is 42.5 Å². The van der Waals surface area contributed by atoms with Crippen molar-refractivity contribution < 1.29 is 18.0 Å². The number of hydrogen-bond acceptors (Lipinski definition) is 4. The normalized spacial score (nSPS) is 11.4. The summed E-state index contributed by atoms with van der Waals surface area (Å²) in [4.78, 5) is 26.8. The van der Waals surface area contributed by atoms with Crippen LogP contribution in [0.4, 0.5) is 17.1 Å². The van der Waals surface area contributed by atoms with Gasteiger partial charge in [0.15, 0.2) is 0 Å². The molecular weight excluding hydrogens is 582 g/mol. The highest BCUT2D eigenvalue weighted by Crippen LogP contribution is 2.30. The lowest BCUT2D eigenvalue weighted by atomic mass is 9.87. The number of rotatable bonds is 9. The molecule has 0 aliphatic carbocycles. The van der Waals surface area contributed by atoms with Gasteiger partial charge in [0, 0.05) is 16.9 Å². The van der Waals surface area contributed by atoms with Gasteiger partial charge in [-0.1, -0.05) is 99.6 Å². The molecule has 5 aromatic rings. The predicted octanol–water partition coefficient (Wildman–Crippen LogP) is 7.88. The van der Waals surface area contributed by atoms with Gasteiger partial charge in [0.25, 0.3) is 21.8 Å². The summed E-state index contributed by atoms with van der Waals surface area (Å²) in [5, 5.41) is 5.76. The summed E-state index contributed by atoms with van der Waals surface area (Å²) < 4.78 is 29.2. The van der Waals surface area contributed by atoms with Gasteiger partial charge in [0.05, 0.1) is 22.7 Å². The number of carbonyl (C=O) groups is 2. The van der Waals surface area contributed by atoms with Gasteiger partial charge in [-0.15, -0.1) is 0 Å². The van der Waals surface area contributed by atoms with Crippen molar-refractivity contribution in [2.24, 2.45) is 0 Å². The van der Waals surface area contributed by atoms with Crippen molar-refractivity contribution in [1.29, 1.82) is 0 Å². The van der Waals surface area contributed by atoms with Gasteiger partial charge in [0.2, 0.25) is 0 Å². The largest absolute Gasteiger partial charge is 0.322 e. The molecule has 0 heterocycles. The number of para-hydroxylation sites is 1. The number of nitrogens with zero attached hydrogens (tertiary/aromatic N) is 1. The van der Waals surface area contributed by atoms with E-state index in [-0.39, 0.29) is 34.0 Å². The third-order valence-corrected chi connectivity index (χ3v) is 9.08. The monoisotopic (exact) mass is 617 g/mol. The molecule has 0 aromatic heterocycles. The summed E-state index contributed by atoms with van der Waals surface area (Å²) in [6, 6.07) is 38.3. The Labute approximate surface area is 264 Å². The van der Waals surface area contributed by atoms with Crippen molar-refractivity contribution in [1.82, 2.24) is 0 Å². The van der Waals surface area contributed by atoms with Crippen molar-refractivity contribution >= 4 is 38.9 Å². The topological polar surface area (TPSA) is 95.6 Å². The van der Waals surface area contributed by atoms with Crippen LogP contribution in [0.15, 0.2) is 138 Å². The number of sulfonamides is 1. The first-order chi connectivity index (χ1) is 21.5. The second-order valence-electron chi connectivity index (χ2n) is 11.6. The molecule has 0 radical (unpaired) electrons. The van der Waals surface area contributed by atoms with Crippen LogP contribution in [-0.4, -0.2) is 20.2 Å². The number of nitrogens with one attached hydrogen (secondary N) is 2. The lowest BCUT2D eigenvalue weighted by molar-refractivity contribution is 0.101. The van der Waals surface area contributed by atoms with Crippen LogP contribution in [0.3, 0.4) is 0 Å². The van der Waals surface area contributed by atoms with E-state index in [0.717, 1.165) is 11.1 Å². The molecule has 5 rings (SSSR count). The maximum Gasteiger partial charge on any atom is 0.264 e. The van der Waals surface area contributed by atoms with Crippen LogP contribution in [0.25, 0.3) is 0 Å². The first-order valence-electron chi connectivity index (χ1n) is 14.6. The summed E-state index contributed by atoms with van der Waals surface area (Å²) >= 11 is 0. The van der Waals surface area contributed by atoms with Gasteiger partial charge >= 0.3 is 0 Å². The number of amides is 2. The lowest BCUT2D eigenvalue weighted by Gasteiger charge is -2.26. The summed E-state index contributed by atoms with van der Waals surface area (Å²) in [5.41, 5.74) is 3.76. The molecule has 0 bridgehead atoms. The predicted molar refractivity (Wildman–Crippen MR) is 180 cm³/mol. The molecule has 2 N–H and O–H groups in total. The second kappa shape index (κ2) is 13.2. The number of benzene rings is 5. The molecule has 0 aliphatic rings. The van der Waals surface area contributed by atoms with Crippen molar-refractivity contribution in [3.05, 3.63) is 156 Å². The quantitative estimate of drug-likeness (QED) is 0.176. The summed E-state index contributed by atoms with van der Waals surface area (Å²) in [5.74, 6) is -0.764. The zero-order valence-corrected chi connectivity index (χ0v) is 26.2. The molecule has 0 spiro atoms. The van der Waals surface area contributed by atoms with Crippen LogP contribution in [0.2, 0.25) is 0 Å². The van der Waals surface area contributed by atoms with E-state index in [2.05, 4.69) is 31.4 Å². The van der Waals surface area contributed by atoms with Crippen LogP contribution < -0.4 is 14.9 Å². The standard InChI is InChI=1S/C37H35N3O4S/c1-37(2,3)29-23-21-28(22-24-29)35(41)38-30-15-12-16-31(25-30)39-36(42)33-19-10-11-20-34(33)40(26-27-13-6-4-7-14-27)45(43,44)32-17-8-5-9-18-32/h4-25H,26H2,1-3H3,(H,38,41)(H,39,42). The van der Waals surface area contributed by atoms with Crippen LogP contribution in [0.5, 0.6) is 0 Å². The van der Waals surface area contributed by atoms with Crippen LogP contribution >= 0.6 is 0 Å². The molecule has 0 saturated heterocycles. The van der Waals surface area contributed by atoms with Gasteiger partial charge in [-0.25, -0.2) is 8.42 Å². The molecule has 2 amide bonds. The molecule has 5 aromatic carbocycles. The van der Waals surface area contributed by atoms with Crippen molar-refractivity contribution in [2.75, 3.05) is 14.9 Å². The Balaban J connectivity index is 1.40. The Morgan fingerprint density at radius 3 is 1.82 bits per heavy atom. The van der Waals surface area contributed by atoms with Crippen molar-refractivity contribution in [2.45, 2.75) is 37.6 Å². The van der Waals surface area contributed by atoms with E-state index in [9.17, 15) is 18.0 Å². The number of hydrogen-bond donors (Lipinski definition) is 2. The SMILES string of the molecule is CC(C)(C)c1ccc(C(=O)Nc2cccc(NC(=O)c3ccccc3N(Cc3ccccc3)S(=O)(=O)c3ccccc3)c2)cc1. The molecule has 0 aliphatic heterocycles. The minimum Gasteiger partial charge on any atom is -0.322 e. The molecule has 45 heavy (non-hydrogen) atoms. The molecule has 0 fully saturated rings. The lowest BCUT2D eigenvalue weighted by Crippen LogP contribution is -2.32. The zero-order chi connectivity index (χ0) is 32.0. The van der Waals surface area contributed by atoms with E-state index < -0.39 is 15.9 Å². The Bertz CT molecular complexity index is 1900. The fourth-order valence-corrected chi connectivity index (χ4v) is 6.34. The summed E-state index contributed by atoms with van der Waals surface area (Å²) in [6.07, 6.45) is 0. The van der Waals surface area contributed by atoms with E-state index in [1.165, 1.54) is 16.4 Å². The molecule has 0 atom stereocenters. The van der Waals surface area contributed by atoms with Crippen molar-refractivity contribution in [3.63, 3.8) is 0 Å². The van der Waals surface area contributed by atoms with Gasteiger partial charge in [0.1, 0.15) is 0 Å². The minimum atomic E-state index is -4.03. The van der Waals surface area contributed by atoms with E-state index in [4.69, 9.17) is 0 Å². The van der Waals surface area contributed by atoms with Gasteiger partial charge in [-0.2, -0.15) is 0 Å². The number of carbonyl (C=O) groups excluding carboxylic acids is 2. The molecule has 0 unspecified atom stereocenters. The average molecular weight is 618 g/mol. The highest BCUT2D eigenvalue weighted by atomic mass is 32.2. The first kappa shape index (κ1) is 31.2. The van der Waals surface area contributed by atoms with E-state index in [0.29, 0.717) is 16.9 Å².